The molecule has 0 saturated carbocycles. The van der Waals surface area contributed by atoms with Gasteiger partial charge in [0.05, 0.1) is 17.8 Å². The number of carbonyl (C=O) groups is 2. The second-order valence-electron chi connectivity index (χ2n) is 15.4. The zero-order valence-electron chi connectivity index (χ0n) is 28.8. The molecule has 4 saturated heterocycles. The van der Waals surface area contributed by atoms with Gasteiger partial charge in [0.1, 0.15) is 12.0 Å². The number of esters is 1. The average molecular weight is 608 g/mol. The minimum absolute atomic E-state index is 0.0414. The molecule has 0 aliphatic carbocycles. The van der Waals surface area contributed by atoms with Gasteiger partial charge in [0.25, 0.3) is 0 Å². The van der Waals surface area contributed by atoms with E-state index in [1.807, 2.05) is 0 Å². The van der Waals surface area contributed by atoms with E-state index in [-0.39, 0.29) is 23.8 Å². The molecule has 2 unspecified atom stereocenters. The Morgan fingerprint density at radius 3 is 2.28 bits per heavy atom. The molecule has 2 bridgehead atoms. The number of ketones is 1. The van der Waals surface area contributed by atoms with Crippen LogP contribution in [0, 0.1) is 23.2 Å². The maximum Gasteiger partial charge on any atom is 0.319 e. The zero-order chi connectivity index (χ0) is 31.7. The molecular formula is C34H61N3O6. The molecule has 9 heteroatoms. The van der Waals surface area contributed by atoms with Gasteiger partial charge in [-0.25, -0.2) is 0 Å². The maximum atomic E-state index is 14.5. The highest BCUT2D eigenvalue weighted by atomic mass is 16.7. The number of ether oxygens (including phenoxy) is 4. The van der Waals surface area contributed by atoms with Gasteiger partial charge in [-0.15, -0.1) is 0 Å². The van der Waals surface area contributed by atoms with Crippen LogP contribution in [0.2, 0.25) is 0 Å². The fourth-order valence-electron chi connectivity index (χ4n) is 8.26. The lowest BCUT2D eigenvalue weighted by Crippen LogP contribution is -2.56. The van der Waals surface area contributed by atoms with Crippen LogP contribution in [0.4, 0.5) is 0 Å². The molecule has 0 aromatic rings. The van der Waals surface area contributed by atoms with Gasteiger partial charge in [-0.3, -0.25) is 14.5 Å². The first kappa shape index (κ1) is 34.8. The lowest BCUT2D eigenvalue weighted by Gasteiger charge is -2.46. The van der Waals surface area contributed by atoms with E-state index in [1.54, 1.807) is 21.0 Å². The average Bonchev–Trinajstić information content (AvgIpc) is 2.99. The molecule has 9 atom stereocenters. The summed E-state index contributed by atoms with van der Waals surface area (Å²) in [5.74, 6) is -0.381. The van der Waals surface area contributed by atoms with Crippen molar-refractivity contribution in [3.63, 3.8) is 0 Å². The summed E-state index contributed by atoms with van der Waals surface area (Å²) in [5.41, 5.74) is -2.03. The predicted octanol–water partition coefficient (Wildman–Crippen LogP) is 4.22. The predicted molar refractivity (Wildman–Crippen MR) is 168 cm³/mol. The molecule has 0 aromatic heterocycles. The fraction of sp³-hybridized carbons (Fsp3) is 0.941. The van der Waals surface area contributed by atoms with E-state index in [0.29, 0.717) is 31.0 Å². The highest BCUT2D eigenvalue weighted by Gasteiger charge is 2.53. The highest BCUT2D eigenvalue weighted by Crippen LogP contribution is 2.41. The molecule has 4 fully saturated rings. The summed E-state index contributed by atoms with van der Waals surface area (Å²) in [6.45, 7) is 18.5. The van der Waals surface area contributed by atoms with Crippen molar-refractivity contribution in [3.05, 3.63) is 0 Å². The molecule has 9 nitrogen and oxygen atoms in total. The summed E-state index contributed by atoms with van der Waals surface area (Å²) < 4.78 is 25.7. The Hall–Kier alpha value is -1.10. The second-order valence-corrected chi connectivity index (χ2v) is 15.4. The Morgan fingerprint density at radius 1 is 1.00 bits per heavy atom. The van der Waals surface area contributed by atoms with Crippen molar-refractivity contribution in [3.8, 4) is 0 Å². The van der Waals surface area contributed by atoms with E-state index < -0.39 is 35.3 Å². The van der Waals surface area contributed by atoms with Crippen molar-refractivity contribution in [1.29, 1.82) is 0 Å². The number of piperidine rings is 1. The minimum Gasteiger partial charge on any atom is -0.463 e. The summed E-state index contributed by atoms with van der Waals surface area (Å²) in [6, 6.07) is 0.982. The normalized spacial score (nSPS) is 40.7. The largest absolute Gasteiger partial charge is 0.463 e. The standard InChI is InChI=1S/C34H61N3O6/c1-22(2)36-14-11-25(12-15-36)28-21-41-32(39)33(5,6)30(38)27-13-16-37(28)20-23(3)19-34(7,40-10)31(27)43-29-18-26(35(8)9)17-24(4)42-29/h22-29,31H,11-21H2,1-10H3/t23-,24-,26+,27+,28?,29+,31-,34-/m1/s1. The van der Waals surface area contributed by atoms with Crippen molar-refractivity contribution < 1.29 is 28.5 Å². The first-order valence-electron chi connectivity index (χ1n) is 16.9. The quantitative estimate of drug-likeness (QED) is 0.326. The van der Waals surface area contributed by atoms with Crippen LogP contribution in [0.5, 0.6) is 0 Å². The van der Waals surface area contributed by atoms with E-state index in [9.17, 15) is 9.59 Å². The van der Waals surface area contributed by atoms with Gasteiger partial charge in [0, 0.05) is 44.1 Å². The molecule has 4 heterocycles. The van der Waals surface area contributed by atoms with Gasteiger partial charge in [0.2, 0.25) is 0 Å². The second kappa shape index (κ2) is 14.1. The SMILES string of the molecule is CO[C@]1(C)C[C@@H](C)CN2CC[C@@H](C(=O)C(C)(C)C(=O)OCC2C2CCN(C(C)C)CC2)[C@H]1O[C@H]1C[C@@H](N(C)C)C[C@@H](C)O1. The van der Waals surface area contributed by atoms with E-state index in [0.717, 1.165) is 58.3 Å². The number of Topliss-reactive ketones (excluding diaryl/α,β-unsaturated/α-hetero) is 1. The van der Waals surface area contributed by atoms with Crippen LogP contribution >= 0.6 is 0 Å². The van der Waals surface area contributed by atoms with Gasteiger partial charge in [0.15, 0.2) is 12.1 Å². The molecular weight excluding hydrogens is 546 g/mol. The number of likely N-dealkylation sites (tertiary alicyclic amines) is 1. The van der Waals surface area contributed by atoms with Crippen LogP contribution in [0.15, 0.2) is 0 Å². The van der Waals surface area contributed by atoms with Crippen molar-refractivity contribution in [1.82, 2.24) is 14.7 Å². The molecule has 0 amide bonds. The number of methoxy groups -OCH3 is 1. The van der Waals surface area contributed by atoms with Gasteiger partial charge in [-0.05, 0) is 119 Å². The number of carbonyl (C=O) groups excluding carboxylic acids is 2. The maximum absolute atomic E-state index is 14.5. The number of cyclic esters (lactones) is 1. The summed E-state index contributed by atoms with van der Waals surface area (Å²) >= 11 is 0. The van der Waals surface area contributed by atoms with Crippen LogP contribution < -0.4 is 0 Å². The first-order valence-corrected chi connectivity index (χ1v) is 16.9. The summed E-state index contributed by atoms with van der Waals surface area (Å²) in [4.78, 5) is 35.5. The minimum atomic E-state index is -1.29. The van der Waals surface area contributed by atoms with E-state index >= 15 is 0 Å². The number of fused-ring (bicyclic) bond motifs is 3. The smallest absolute Gasteiger partial charge is 0.319 e. The molecule has 4 aliphatic rings. The number of nitrogens with zero attached hydrogens (tertiary/aromatic N) is 3. The molecule has 4 rings (SSSR count). The molecule has 4 aliphatic heterocycles. The van der Waals surface area contributed by atoms with Crippen molar-refractivity contribution in [2.24, 2.45) is 23.2 Å². The van der Waals surface area contributed by atoms with Crippen LogP contribution in [0.3, 0.4) is 0 Å². The summed E-state index contributed by atoms with van der Waals surface area (Å²) in [6.07, 6.45) is 4.19. The molecule has 0 spiro atoms. The van der Waals surface area contributed by atoms with Gasteiger partial charge >= 0.3 is 5.97 Å². The topological polar surface area (TPSA) is 80.8 Å². The van der Waals surface area contributed by atoms with E-state index in [4.69, 9.17) is 18.9 Å². The molecule has 0 N–H and O–H groups in total. The Labute approximate surface area is 261 Å². The molecule has 0 radical (unpaired) electrons. The van der Waals surface area contributed by atoms with E-state index in [2.05, 4.69) is 63.4 Å². The van der Waals surface area contributed by atoms with Gasteiger partial charge in [-0.2, -0.15) is 0 Å². The van der Waals surface area contributed by atoms with Crippen LogP contribution in [0.25, 0.3) is 0 Å². The van der Waals surface area contributed by atoms with Crippen LogP contribution in [-0.4, -0.2) is 123 Å². The molecule has 0 aromatic carbocycles. The summed E-state index contributed by atoms with van der Waals surface area (Å²) in [7, 11) is 5.92. The zero-order valence-corrected chi connectivity index (χ0v) is 28.8. The number of hydrogen-bond donors (Lipinski definition) is 0. The highest BCUT2D eigenvalue weighted by molar-refractivity contribution is 6.04. The monoisotopic (exact) mass is 607 g/mol. The lowest BCUT2D eigenvalue weighted by molar-refractivity contribution is -0.264. The summed E-state index contributed by atoms with van der Waals surface area (Å²) in [5, 5.41) is 0. The lowest BCUT2D eigenvalue weighted by atomic mass is 9.72. The third kappa shape index (κ3) is 7.83. The van der Waals surface area contributed by atoms with Crippen molar-refractivity contribution >= 4 is 11.8 Å². The first-order chi connectivity index (χ1) is 20.2. The number of rotatable bonds is 6. The van der Waals surface area contributed by atoms with Gasteiger partial charge in [-0.1, -0.05) is 6.92 Å². The Bertz CT molecular complexity index is 950. The third-order valence-corrected chi connectivity index (χ3v) is 11.1. The van der Waals surface area contributed by atoms with Crippen LogP contribution in [0.1, 0.15) is 87.0 Å². The third-order valence-electron chi connectivity index (χ3n) is 11.1. The van der Waals surface area contributed by atoms with Crippen molar-refractivity contribution in [2.75, 3.05) is 54.0 Å². The Kier molecular flexibility index (Phi) is 11.4. The number of hydrogen-bond acceptors (Lipinski definition) is 9. The van der Waals surface area contributed by atoms with Gasteiger partial charge < -0.3 is 28.7 Å². The molecule has 43 heavy (non-hydrogen) atoms. The Balaban J connectivity index is 1.70. The van der Waals surface area contributed by atoms with Crippen LogP contribution in [-0.2, 0) is 28.5 Å². The molecule has 248 valence electrons. The Morgan fingerprint density at radius 2 is 1.67 bits per heavy atom. The van der Waals surface area contributed by atoms with E-state index in [1.165, 1.54) is 0 Å². The fourth-order valence-corrected chi connectivity index (χ4v) is 8.26. The van der Waals surface area contributed by atoms with Crippen molar-refractivity contribution in [2.45, 2.75) is 129 Å².